The molecule has 3 rings (SSSR count). The van der Waals surface area contributed by atoms with Crippen LogP contribution in [0, 0.1) is 0 Å². The van der Waals surface area contributed by atoms with Crippen LogP contribution in [0.4, 0.5) is 11.4 Å². The summed E-state index contributed by atoms with van der Waals surface area (Å²) in [7, 11) is 7.96. The first kappa shape index (κ1) is 21.4. The number of piperidine rings is 1. The molecule has 1 amide bonds. The zero-order chi connectivity index (χ0) is 21.8. The van der Waals surface area contributed by atoms with E-state index in [2.05, 4.69) is 0 Å². The van der Waals surface area contributed by atoms with Gasteiger partial charge in [0.1, 0.15) is 0 Å². The van der Waals surface area contributed by atoms with Crippen molar-refractivity contribution in [2.45, 2.75) is 6.92 Å². The number of hydrogen-bond donors (Lipinski definition) is 0. The van der Waals surface area contributed by atoms with Crippen LogP contribution in [0.25, 0.3) is 12.2 Å². The van der Waals surface area contributed by atoms with Crippen LogP contribution in [-0.4, -0.2) is 57.9 Å². The molecule has 0 radical (unpaired) electrons. The number of nitrogens with zero attached hydrogens (tertiary/aromatic N) is 3. The molecule has 1 saturated heterocycles. The van der Waals surface area contributed by atoms with Gasteiger partial charge in [-0.15, -0.1) is 0 Å². The monoisotopic (exact) mass is 403 g/mol. The van der Waals surface area contributed by atoms with Crippen LogP contribution in [0.15, 0.2) is 59.7 Å². The summed E-state index contributed by atoms with van der Waals surface area (Å²) >= 11 is 0. The van der Waals surface area contributed by atoms with Gasteiger partial charge in [-0.25, -0.2) is 0 Å². The van der Waals surface area contributed by atoms with Crippen molar-refractivity contribution in [1.29, 1.82) is 0 Å². The molecule has 1 fully saturated rings. The molecule has 0 N–H and O–H groups in total. The number of rotatable bonds is 4. The van der Waals surface area contributed by atoms with E-state index in [-0.39, 0.29) is 11.7 Å². The van der Waals surface area contributed by atoms with E-state index in [9.17, 15) is 9.59 Å². The van der Waals surface area contributed by atoms with E-state index >= 15 is 0 Å². The maximum absolute atomic E-state index is 13.2. The average Bonchev–Trinajstić information content (AvgIpc) is 2.71. The molecule has 1 aliphatic rings. The lowest BCUT2D eigenvalue weighted by atomic mass is 9.94. The summed E-state index contributed by atoms with van der Waals surface area (Å²) in [5, 5.41) is 0. The summed E-state index contributed by atoms with van der Waals surface area (Å²) in [6.45, 7) is 2.21. The topological polar surface area (TPSA) is 43.9 Å². The summed E-state index contributed by atoms with van der Waals surface area (Å²) < 4.78 is 0. The Bertz CT molecular complexity index is 911. The van der Waals surface area contributed by atoms with Crippen molar-refractivity contribution in [2.75, 3.05) is 51.1 Å². The lowest BCUT2D eigenvalue weighted by Gasteiger charge is -2.29. The molecule has 0 spiro atoms. The Kier molecular flexibility index (Phi) is 6.40. The summed E-state index contributed by atoms with van der Waals surface area (Å²) in [6.07, 6.45) is 3.78. The molecule has 2 aromatic rings. The number of amides is 1. The van der Waals surface area contributed by atoms with Crippen molar-refractivity contribution < 1.29 is 9.59 Å². The molecule has 5 nitrogen and oxygen atoms in total. The summed E-state index contributed by atoms with van der Waals surface area (Å²) in [5.41, 5.74) is 5.35. The van der Waals surface area contributed by atoms with Crippen molar-refractivity contribution in [3.63, 3.8) is 0 Å². The highest BCUT2D eigenvalue weighted by Gasteiger charge is 2.27. The SMILES string of the molecule is CC(=O)N1C/C(=C/c2ccc(N(C)C)cc2)C(=O)/C(=C/c2ccc(N(C)C)cc2)C1. The van der Waals surface area contributed by atoms with Gasteiger partial charge < -0.3 is 14.7 Å². The van der Waals surface area contributed by atoms with Gasteiger partial charge in [0.2, 0.25) is 5.91 Å². The second-order valence-corrected chi connectivity index (χ2v) is 8.02. The van der Waals surface area contributed by atoms with Gasteiger partial charge in [0.05, 0.1) is 0 Å². The number of carbonyl (C=O) groups excluding carboxylic acids is 2. The minimum atomic E-state index is -0.0368. The molecule has 30 heavy (non-hydrogen) atoms. The highest BCUT2D eigenvalue weighted by molar-refractivity contribution is 6.15. The first-order valence-electron chi connectivity index (χ1n) is 10.0. The van der Waals surface area contributed by atoms with Crippen molar-refractivity contribution in [3.8, 4) is 0 Å². The molecular formula is C25H29N3O2. The quantitative estimate of drug-likeness (QED) is 0.730. The molecule has 1 heterocycles. The zero-order valence-corrected chi connectivity index (χ0v) is 18.3. The summed E-state index contributed by atoms with van der Waals surface area (Å²) in [5.74, 6) is -0.0360. The maximum atomic E-state index is 13.2. The standard InChI is InChI=1S/C25H29N3O2/c1-18(29)28-16-21(14-19-6-10-23(11-7-19)26(2)3)25(30)22(17-28)15-20-8-12-24(13-9-20)27(4)5/h6-15H,16-17H2,1-5H3/b21-14-,22-15+. The smallest absolute Gasteiger partial charge is 0.220 e. The number of ketones is 1. The normalized spacial score (nSPS) is 16.8. The van der Waals surface area contributed by atoms with Gasteiger partial charge in [-0.05, 0) is 47.5 Å². The Morgan fingerprint density at radius 2 is 1.13 bits per heavy atom. The first-order valence-corrected chi connectivity index (χ1v) is 10.0. The predicted molar refractivity (Wildman–Crippen MR) is 125 cm³/mol. The van der Waals surface area contributed by atoms with Crippen LogP contribution >= 0.6 is 0 Å². The van der Waals surface area contributed by atoms with Crippen molar-refractivity contribution in [2.24, 2.45) is 0 Å². The van der Waals surface area contributed by atoms with E-state index in [1.54, 1.807) is 11.8 Å². The molecule has 1 aliphatic heterocycles. The summed E-state index contributed by atoms with van der Waals surface area (Å²) in [4.78, 5) is 31.0. The second kappa shape index (κ2) is 8.99. The third-order valence-corrected chi connectivity index (χ3v) is 5.25. The van der Waals surface area contributed by atoms with Gasteiger partial charge in [0.25, 0.3) is 0 Å². The van der Waals surface area contributed by atoms with Crippen molar-refractivity contribution >= 4 is 35.2 Å². The predicted octanol–water partition coefficient (Wildman–Crippen LogP) is 3.72. The molecular weight excluding hydrogens is 374 g/mol. The van der Waals surface area contributed by atoms with Gasteiger partial charge in [0, 0.05) is 70.7 Å². The fourth-order valence-electron chi connectivity index (χ4n) is 3.40. The number of likely N-dealkylation sites (tertiary alicyclic amines) is 1. The highest BCUT2D eigenvalue weighted by atomic mass is 16.2. The van der Waals surface area contributed by atoms with Crippen molar-refractivity contribution in [3.05, 3.63) is 70.8 Å². The van der Waals surface area contributed by atoms with Crippen LogP contribution in [-0.2, 0) is 9.59 Å². The van der Waals surface area contributed by atoms with E-state index in [0.717, 1.165) is 22.5 Å². The minimum Gasteiger partial charge on any atom is -0.378 e. The number of carbonyl (C=O) groups is 2. The Labute approximate surface area is 178 Å². The molecule has 5 heteroatoms. The molecule has 0 atom stereocenters. The highest BCUT2D eigenvalue weighted by Crippen LogP contribution is 2.24. The van der Waals surface area contributed by atoms with Crippen LogP contribution in [0.1, 0.15) is 18.1 Å². The molecule has 0 saturated carbocycles. The number of benzene rings is 2. The van der Waals surface area contributed by atoms with Crippen LogP contribution < -0.4 is 9.80 Å². The van der Waals surface area contributed by atoms with E-state index in [1.165, 1.54) is 0 Å². The minimum absolute atomic E-state index is 0.000808. The van der Waals surface area contributed by atoms with Crippen LogP contribution in [0.3, 0.4) is 0 Å². The van der Waals surface area contributed by atoms with Gasteiger partial charge in [-0.3, -0.25) is 9.59 Å². The Balaban J connectivity index is 1.92. The van der Waals surface area contributed by atoms with Gasteiger partial charge in [-0.1, -0.05) is 24.3 Å². The van der Waals surface area contributed by atoms with E-state index in [1.807, 2.05) is 98.7 Å². The molecule has 0 aromatic heterocycles. The number of anilines is 2. The largest absolute Gasteiger partial charge is 0.378 e. The molecule has 2 aromatic carbocycles. The van der Waals surface area contributed by atoms with Gasteiger partial charge in [-0.2, -0.15) is 0 Å². The third-order valence-electron chi connectivity index (χ3n) is 5.25. The average molecular weight is 404 g/mol. The third kappa shape index (κ3) is 4.98. The lowest BCUT2D eigenvalue weighted by Crippen LogP contribution is -2.40. The zero-order valence-electron chi connectivity index (χ0n) is 18.3. The maximum Gasteiger partial charge on any atom is 0.220 e. The van der Waals surface area contributed by atoms with Crippen molar-refractivity contribution in [1.82, 2.24) is 4.90 Å². The van der Waals surface area contributed by atoms with Gasteiger partial charge in [0.15, 0.2) is 5.78 Å². The molecule has 0 aliphatic carbocycles. The van der Waals surface area contributed by atoms with Gasteiger partial charge >= 0.3 is 0 Å². The molecule has 0 bridgehead atoms. The Hall–Kier alpha value is -3.34. The number of Topliss-reactive ketones (excluding diaryl/α,β-unsaturated/α-hetero) is 1. The molecule has 156 valence electrons. The Morgan fingerprint density at radius 3 is 1.43 bits per heavy atom. The fourth-order valence-corrected chi connectivity index (χ4v) is 3.40. The first-order chi connectivity index (χ1) is 14.2. The lowest BCUT2D eigenvalue weighted by molar-refractivity contribution is -0.129. The van der Waals surface area contributed by atoms with Crippen LogP contribution in [0.5, 0.6) is 0 Å². The van der Waals surface area contributed by atoms with E-state index < -0.39 is 0 Å². The molecule has 0 unspecified atom stereocenters. The van der Waals surface area contributed by atoms with E-state index in [4.69, 9.17) is 0 Å². The van der Waals surface area contributed by atoms with E-state index in [0.29, 0.717) is 24.2 Å². The number of hydrogen-bond acceptors (Lipinski definition) is 4. The fraction of sp³-hybridized carbons (Fsp3) is 0.280. The van der Waals surface area contributed by atoms with Crippen LogP contribution in [0.2, 0.25) is 0 Å². The summed E-state index contributed by atoms with van der Waals surface area (Å²) in [6, 6.07) is 16.0. The Morgan fingerprint density at radius 1 is 0.767 bits per heavy atom. The second-order valence-electron chi connectivity index (χ2n) is 8.02.